The van der Waals surface area contributed by atoms with Crippen LogP contribution in [0.5, 0.6) is 0 Å². The first kappa shape index (κ1) is 19.7. The van der Waals surface area contributed by atoms with Crippen LogP contribution in [0.4, 0.5) is 11.4 Å². The van der Waals surface area contributed by atoms with E-state index in [1.807, 2.05) is 12.1 Å². The summed E-state index contributed by atoms with van der Waals surface area (Å²) in [6, 6.07) is 13.9. The van der Waals surface area contributed by atoms with Gasteiger partial charge in [0.25, 0.3) is 10.0 Å². The number of carbonyl (C=O) groups is 1. The molecule has 0 unspecified atom stereocenters. The molecule has 0 aliphatic carbocycles. The third kappa shape index (κ3) is 3.81. The van der Waals surface area contributed by atoms with Crippen molar-refractivity contribution in [3.05, 3.63) is 59.8 Å². The Balaban J connectivity index is 1.56. The molecule has 0 fully saturated rings. The van der Waals surface area contributed by atoms with E-state index < -0.39 is 10.0 Å². The minimum atomic E-state index is -3.72. The predicted octanol–water partition coefficient (Wildman–Crippen LogP) is 3.67. The third-order valence-electron chi connectivity index (χ3n) is 4.33. The van der Waals surface area contributed by atoms with Crippen molar-refractivity contribution in [1.29, 1.82) is 0 Å². The van der Waals surface area contributed by atoms with Crippen molar-refractivity contribution in [1.82, 2.24) is 9.97 Å². The number of rotatable bonds is 4. The number of aromatic nitrogens is 2. The highest BCUT2D eigenvalue weighted by Gasteiger charge is 2.34. The smallest absolute Gasteiger partial charge is 0.267 e. The first-order chi connectivity index (χ1) is 13.9. The van der Waals surface area contributed by atoms with Gasteiger partial charge in [0, 0.05) is 23.3 Å². The first-order valence-corrected chi connectivity index (χ1v) is 11.3. The summed E-state index contributed by atoms with van der Waals surface area (Å²) in [5, 5.41) is 3.67. The summed E-state index contributed by atoms with van der Waals surface area (Å²) in [5.41, 5.74) is 2.23. The Kier molecular flexibility index (Phi) is 5.20. The van der Waals surface area contributed by atoms with Gasteiger partial charge in [-0.3, -0.25) is 9.10 Å². The lowest BCUT2D eigenvalue weighted by molar-refractivity contribution is -0.113. The maximum absolute atomic E-state index is 12.7. The first-order valence-electron chi connectivity index (χ1n) is 8.50. The fourth-order valence-corrected chi connectivity index (χ4v) is 4.93. The molecule has 148 valence electrons. The van der Waals surface area contributed by atoms with Gasteiger partial charge in [-0.1, -0.05) is 41.6 Å². The maximum Gasteiger partial charge on any atom is 0.267 e. The quantitative estimate of drug-likeness (QED) is 0.485. The van der Waals surface area contributed by atoms with Crippen LogP contribution in [0.1, 0.15) is 0 Å². The van der Waals surface area contributed by atoms with Gasteiger partial charge in [-0.05, 0) is 30.3 Å². The van der Waals surface area contributed by atoms with Gasteiger partial charge < -0.3 is 5.32 Å². The molecule has 0 spiro atoms. The monoisotopic (exact) mass is 446 g/mol. The fraction of sp³-hybridized carbons (Fsp3) is 0.105. The Bertz CT molecular complexity index is 1200. The van der Waals surface area contributed by atoms with Gasteiger partial charge >= 0.3 is 0 Å². The largest absolute Gasteiger partial charge is 0.325 e. The minimum Gasteiger partial charge on any atom is -0.325 e. The van der Waals surface area contributed by atoms with E-state index in [0.29, 0.717) is 32.8 Å². The molecule has 29 heavy (non-hydrogen) atoms. The molecule has 7 nitrogen and oxygen atoms in total. The Morgan fingerprint density at radius 1 is 1.17 bits per heavy atom. The highest BCUT2D eigenvalue weighted by Crippen LogP contribution is 2.41. The molecule has 1 N–H and O–H groups in total. The Hall–Kier alpha value is -2.62. The van der Waals surface area contributed by atoms with Gasteiger partial charge in [0.2, 0.25) is 5.91 Å². The second kappa shape index (κ2) is 7.66. The predicted molar refractivity (Wildman–Crippen MR) is 114 cm³/mol. The molecule has 4 rings (SSSR count). The zero-order valence-corrected chi connectivity index (χ0v) is 17.6. The zero-order chi connectivity index (χ0) is 20.6. The number of fused-ring (bicyclic) bond motifs is 3. The summed E-state index contributed by atoms with van der Waals surface area (Å²) in [6.07, 6.45) is 1.30. The molecule has 0 bridgehead atoms. The normalized spacial score (nSPS) is 14.1. The second-order valence-electron chi connectivity index (χ2n) is 6.20. The van der Waals surface area contributed by atoms with Crippen molar-refractivity contribution in [3.8, 4) is 11.3 Å². The topological polar surface area (TPSA) is 92.3 Å². The van der Waals surface area contributed by atoms with Gasteiger partial charge in [0.05, 0.1) is 23.3 Å². The number of carbonyl (C=O) groups excluding carboxylic acids is 1. The van der Waals surface area contributed by atoms with Crippen molar-refractivity contribution in [2.75, 3.05) is 22.4 Å². The standard InChI is InChI=1S/C19H15ClN4O3S2/c1-24-15-5-3-2-4-14(15)18-16(29(24,26)27)10-21-19(23-18)28-11-17(25)22-13-8-6-12(20)7-9-13/h2-10H,11H2,1H3,(H,22,25). The van der Waals surface area contributed by atoms with Crippen LogP contribution >= 0.6 is 23.4 Å². The van der Waals surface area contributed by atoms with Crippen LogP contribution < -0.4 is 9.62 Å². The molecule has 1 aliphatic heterocycles. The fourth-order valence-electron chi connectivity index (χ4n) is 2.89. The number of hydrogen-bond acceptors (Lipinski definition) is 6. The van der Waals surface area contributed by atoms with Crippen LogP contribution in [-0.4, -0.2) is 37.1 Å². The lowest BCUT2D eigenvalue weighted by atomic mass is 10.1. The maximum atomic E-state index is 12.7. The number of thioether (sulfide) groups is 1. The molecule has 0 atom stereocenters. The molecule has 0 radical (unpaired) electrons. The van der Waals surface area contributed by atoms with Crippen LogP contribution in [-0.2, 0) is 14.8 Å². The summed E-state index contributed by atoms with van der Waals surface area (Å²) in [4.78, 5) is 20.8. The lowest BCUT2D eigenvalue weighted by Gasteiger charge is -2.28. The molecule has 1 aromatic heterocycles. The summed E-state index contributed by atoms with van der Waals surface area (Å²) in [6.45, 7) is 0. The van der Waals surface area contributed by atoms with E-state index in [0.717, 1.165) is 11.8 Å². The van der Waals surface area contributed by atoms with E-state index in [1.54, 1.807) is 36.4 Å². The van der Waals surface area contributed by atoms with Crippen LogP contribution in [0.3, 0.4) is 0 Å². The summed E-state index contributed by atoms with van der Waals surface area (Å²) < 4.78 is 26.7. The number of benzene rings is 2. The number of amides is 1. The van der Waals surface area contributed by atoms with Crippen LogP contribution in [0, 0.1) is 0 Å². The lowest BCUT2D eigenvalue weighted by Crippen LogP contribution is -2.31. The number of halogens is 1. The van der Waals surface area contributed by atoms with Crippen molar-refractivity contribution in [2.45, 2.75) is 10.1 Å². The van der Waals surface area contributed by atoms with Gasteiger partial charge in [-0.15, -0.1) is 0 Å². The molecule has 3 aromatic rings. The molecule has 2 heterocycles. The van der Waals surface area contributed by atoms with E-state index >= 15 is 0 Å². The molecule has 1 amide bonds. The molecular weight excluding hydrogens is 432 g/mol. The van der Waals surface area contributed by atoms with Gasteiger partial charge in [0.1, 0.15) is 4.90 Å². The molecule has 2 aromatic carbocycles. The van der Waals surface area contributed by atoms with Crippen LogP contribution in [0.15, 0.2) is 64.8 Å². The molecule has 0 saturated carbocycles. The molecule has 0 saturated heterocycles. The van der Waals surface area contributed by atoms with E-state index in [2.05, 4.69) is 15.3 Å². The summed E-state index contributed by atoms with van der Waals surface area (Å²) >= 11 is 6.96. The minimum absolute atomic E-state index is 0.0497. The molecular formula is C19H15ClN4O3S2. The number of nitrogens with zero attached hydrogens (tertiary/aromatic N) is 3. The van der Waals surface area contributed by atoms with Crippen LogP contribution in [0.25, 0.3) is 11.3 Å². The van der Waals surface area contributed by atoms with Crippen molar-refractivity contribution >= 4 is 50.7 Å². The van der Waals surface area contributed by atoms with Gasteiger partial charge in [-0.25, -0.2) is 18.4 Å². The molecule has 10 heteroatoms. The van der Waals surface area contributed by atoms with Crippen molar-refractivity contribution in [2.24, 2.45) is 0 Å². The van der Waals surface area contributed by atoms with Crippen LogP contribution in [0.2, 0.25) is 5.02 Å². The van der Waals surface area contributed by atoms with E-state index in [9.17, 15) is 13.2 Å². The SMILES string of the molecule is CN1c2ccccc2-c2nc(SCC(=O)Nc3ccc(Cl)cc3)ncc2S1(=O)=O. The highest BCUT2D eigenvalue weighted by atomic mass is 35.5. The van der Waals surface area contributed by atoms with E-state index in [1.165, 1.54) is 17.5 Å². The van der Waals surface area contributed by atoms with E-state index in [4.69, 9.17) is 11.6 Å². The van der Waals surface area contributed by atoms with Gasteiger partial charge in [-0.2, -0.15) is 0 Å². The number of para-hydroxylation sites is 1. The average molecular weight is 447 g/mol. The third-order valence-corrected chi connectivity index (χ3v) is 7.22. The second-order valence-corrected chi connectivity index (χ2v) is 9.52. The summed E-state index contributed by atoms with van der Waals surface area (Å²) in [5.74, 6) is -0.151. The Labute approximate surface area is 177 Å². The average Bonchev–Trinajstić information content (AvgIpc) is 2.72. The number of hydrogen-bond donors (Lipinski definition) is 1. The van der Waals surface area contributed by atoms with Crippen molar-refractivity contribution < 1.29 is 13.2 Å². The van der Waals surface area contributed by atoms with E-state index in [-0.39, 0.29) is 16.6 Å². The number of anilines is 2. The zero-order valence-electron chi connectivity index (χ0n) is 15.2. The van der Waals surface area contributed by atoms with Gasteiger partial charge in [0.15, 0.2) is 5.16 Å². The summed E-state index contributed by atoms with van der Waals surface area (Å²) in [7, 11) is -2.22. The molecule has 1 aliphatic rings. The Morgan fingerprint density at radius 2 is 1.90 bits per heavy atom. The number of nitrogens with one attached hydrogen (secondary N) is 1. The Morgan fingerprint density at radius 3 is 2.66 bits per heavy atom. The highest BCUT2D eigenvalue weighted by molar-refractivity contribution is 7.99. The number of sulfonamides is 1. The van der Waals surface area contributed by atoms with Crippen molar-refractivity contribution in [3.63, 3.8) is 0 Å².